The van der Waals surface area contributed by atoms with Crippen LogP contribution in [0.2, 0.25) is 0 Å². The van der Waals surface area contributed by atoms with Gasteiger partial charge in [-0.05, 0) is 42.5 Å². The van der Waals surface area contributed by atoms with E-state index in [-0.39, 0.29) is 11.3 Å². The molecule has 0 spiro atoms. The van der Waals surface area contributed by atoms with Crippen molar-refractivity contribution in [1.29, 1.82) is 0 Å². The molecule has 0 radical (unpaired) electrons. The van der Waals surface area contributed by atoms with Gasteiger partial charge in [0.1, 0.15) is 11.6 Å². The van der Waals surface area contributed by atoms with Crippen molar-refractivity contribution in [2.24, 2.45) is 0 Å². The number of aliphatic hydroxyl groups is 1. The lowest BCUT2D eigenvalue weighted by atomic mass is 9.72. The predicted molar refractivity (Wildman–Crippen MR) is 91.6 cm³/mol. The van der Waals surface area contributed by atoms with Gasteiger partial charge < -0.3 is 10.2 Å². The molecule has 0 fully saturated rings. The lowest BCUT2D eigenvalue weighted by Crippen LogP contribution is -2.50. The van der Waals surface area contributed by atoms with Crippen LogP contribution in [0.15, 0.2) is 42.5 Å². The highest BCUT2D eigenvalue weighted by molar-refractivity contribution is 5.39. The summed E-state index contributed by atoms with van der Waals surface area (Å²) in [5.41, 5.74) is -3.19. The van der Waals surface area contributed by atoms with Crippen LogP contribution >= 0.6 is 0 Å². The van der Waals surface area contributed by atoms with Crippen molar-refractivity contribution in [2.75, 3.05) is 0 Å². The number of alkyl halides is 3. The van der Waals surface area contributed by atoms with Gasteiger partial charge in [0.2, 0.25) is 0 Å². The summed E-state index contributed by atoms with van der Waals surface area (Å²) in [6, 6.07) is 9.62. The molecule has 2 nitrogen and oxygen atoms in total. The summed E-state index contributed by atoms with van der Waals surface area (Å²) >= 11 is 0. The van der Waals surface area contributed by atoms with Crippen molar-refractivity contribution in [2.45, 2.75) is 50.8 Å². The molecule has 1 atom stereocenters. The number of hydrogen-bond donors (Lipinski definition) is 2. The van der Waals surface area contributed by atoms with Crippen molar-refractivity contribution in [3.05, 3.63) is 65.0 Å². The summed E-state index contributed by atoms with van der Waals surface area (Å²) in [5.74, 6) is -0.975. The molecule has 0 heterocycles. The highest BCUT2D eigenvalue weighted by Crippen LogP contribution is 2.44. The van der Waals surface area contributed by atoms with Gasteiger partial charge in [-0.1, -0.05) is 43.7 Å². The lowest BCUT2D eigenvalue weighted by Gasteiger charge is -2.38. The van der Waals surface area contributed by atoms with E-state index < -0.39 is 35.9 Å². The third kappa shape index (κ3) is 4.36. The van der Waals surface area contributed by atoms with E-state index in [4.69, 9.17) is 0 Å². The largest absolute Gasteiger partial charge is 0.508 e. The van der Waals surface area contributed by atoms with Crippen LogP contribution in [0.1, 0.15) is 37.0 Å². The van der Waals surface area contributed by atoms with Gasteiger partial charge in [-0.3, -0.25) is 0 Å². The molecule has 0 aliphatic rings. The summed E-state index contributed by atoms with van der Waals surface area (Å²) in [6.07, 6.45) is -6.25. The van der Waals surface area contributed by atoms with Gasteiger partial charge >= 0.3 is 6.18 Å². The molecule has 0 saturated heterocycles. The number of aromatic hydroxyl groups is 1. The Morgan fingerprint density at radius 1 is 1.00 bits per heavy atom. The van der Waals surface area contributed by atoms with E-state index in [1.807, 2.05) is 0 Å². The van der Waals surface area contributed by atoms with E-state index in [1.54, 1.807) is 25.1 Å². The van der Waals surface area contributed by atoms with Crippen LogP contribution in [-0.2, 0) is 11.8 Å². The van der Waals surface area contributed by atoms with Gasteiger partial charge in [0.15, 0.2) is 5.60 Å². The van der Waals surface area contributed by atoms with Crippen LogP contribution in [0.4, 0.5) is 17.6 Å². The van der Waals surface area contributed by atoms with Crippen molar-refractivity contribution in [3.63, 3.8) is 0 Å². The number of hydrogen-bond acceptors (Lipinski definition) is 2. The summed E-state index contributed by atoms with van der Waals surface area (Å²) < 4.78 is 54.7. The monoisotopic (exact) mass is 370 g/mol. The Bertz CT molecular complexity index is 784. The van der Waals surface area contributed by atoms with Gasteiger partial charge in [0, 0.05) is 12.0 Å². The molecular formula is C20H22F4O2. The van der Waals surface area contributed by atoms with Crippen molar-refractivity contribution >= 4 is 0 Å². The van der Waals surface area contributed by atoms with Crippen LogP contribution < -0.4 is 0 Å². The van der Waals surface area contributed by atoms with Gasteiger partial charge in [-0.15, -0.1) is 0 Å². The average molecular weight is 370 g/mol. The van der Waals surface area contributed by atoms with Gasteiger partial charge in [0.05, 0.1) is 0 Å². The minimum Gasteiger partial charge on any atom is -0.508 e. The Balaban J connectivity index is 2.42. The van der Waals surface area contributed by atoms with Crippen LogP contribution in [0.25, 0.3) is 0 Å². The zero-order chi connectivity index (χ0) is 19.8. The first kappa shape index (κ1) is 20.2. The Kier molecular flexibility index (Phi) is 5.38. The van der Waals surface area contributed by atoms with E-state index in [9.17, 15) is 27.8 Å². The maximum atomic E-state index is 13.7. The molecule has 0 bridgehead atoms. The maximum absolute atomic E-state index is 13.7. The van der Waals surface area contributed by atoms with Crippen LogP contribution in [0.3, 0.4) is 0 Å². The lowest BCUT2D eigenvalue weighted by molar-refractivity contribution is -0.266. The smallest absolute Gasteiger partial charge is 0.417 e. The highest BCUT2D eigenvalue weighted by Gasteiger charge is 2.56. The molecule has 0 aliphatic carbocycles. The summed E-state index contributed by atoms with van der Waals surface area (Å²) in [4.78, 5) is 0. The Hall–Kier alpha value is -2.08. The Morgan fingerprint density at radius 3 is 2.23 bits per heavy atom. The molecule has 0 aliphatic heterocycles. The molecule has 2 aromatic carbocycles. The average Bonchev–Trinajstić information content (AvgIpc) is 2.48. The second kappa shape index (κ2) is 6.91. The van der Waals surface area contributed by atoms with E-state index in [0.29, 0.717) is 5.56 Å². The van der Waals surface area contributed by atoms with Crippen LogP contribution in [0, 0.1) is 12.7 Å². The normalized spacial score (nSPS) is 14.9. The fraction of sp³-hybridized carbons (Fsp3) is 0.400. The number of aryl methyl sites for hydroxylation is 1. The van der Waals surface area contributed by atoms with E-state index in [0.717, 1.165) is 23.8 Å². The van der Waals surface area contributed by atoms with Gasteiger partial charge in [0.25, 0.3) is 0 Å². The molecule has 1 unspecified atom stereocenters. The predicted octanol–water partition coefficient (Wildman–Crippen LogP) is 5.04. The quantitative estimate of drug-likeness (QED) is 0.724. The number of phenols is 1. The standard InChI is InChI=1S/C20H22F4O2/c1-13-5-4-6-14(9-13)11-19(26,20(22,23)24)12-18(2,3)16-10-15(21)7-8-17(16)25/h4-10,25-26H,11-12H2,1-3H3. The molecule has 0 aromatic heterocycles. The molecule has 0 saturated carbocycles. The third-order valence-electron chi connectivity index (χ3n) is 4.53. The summed E-state index contributed by atoms with van der Waals surface area (Å²) in [6.45, 7) is 4.63. The first-order chi connectivity index (χ1) is 11.8. The van der Waals surface area contributed by atoms with E-state index in [2.05, 4.69) is 0 Å². The SMILES string of the molecule is Cc1cccc(CC(O)(CC(C)(C)c2cc(F)ccc2O)C(F)(F)F)c1. The van der Waals surface area contributed by atoms with Crippen molar-refractivity contribution in [3.8, 4) is 5.75 Å². The molecule has 6 heteroatoms. The number of phenolic OH excluding ortho intramolecular Hbond substituents is 1. The Labute approximate surface area is 150 Å². The summed E-state index contributed by atoms with van der Waals surface area (Å²) in [5, 5.41) is 20.5. The highest BCUT2D eigenvalue weighted by atomic mass is 19.4. The minimum atomic E-state index is -4.89. The molecule has 2 rings (SSSR count). The minimum absolute atomic E-state index is 0.0180. The van der Waals surface area contributed by atoms with Gasteiger partial charge in [-0.25, -0.2) is 4.39 Å². The fourth-order valence-electron chi connectivity index (χ4n) is 3.30. The first-order valence-electron chi connectivity index (χ1n) is 8.18. The zero-order valence-electron chi connectivity index (χ0n) is 14.9. The maximum Gasteiger partial charge on any atom is 0.417 e. The van der Waals surface area contributed by atoms with E-state index >= 15 is 0 Å². The van der Waals surface area contributed by atoms with Crippen molar-refractivity contribution in [1.82, 2.24) is 0 Å². The topological polar surface area (TPSA) is 40.5 Å². The second-order valence-electron chi connectivity index (χ2n) is 7.42. The van der Waals surface area contributed by atoms with Crippen molar-refractivity contribution < 1.29 is 27.8 Å². The molecule has 26 heavy (non-hydrogen) atoms. The molecule has 2 aromatic rings. The fourth-order valence-corrected chi connectivity index (χ4v) is 3.30. The summed E-state index contributed by atoms with van der Waals surface area (Å²) in [7, 11) is 0. The van der Waals surface area contributed by atoms with Crippen LogP contribution in [0.5, 0.6) is 5.75 Å². The first-order valence-corrected chi connectivity index (χ1v) is 8.18. The molecular weight excluding hydrogens is 348 g/mol. The van der Waals surface area contributed by atoms with Crippen LogP contribution in [-0.4, -0.2) is 22.0 Å². The Morgan fingerprint density at radius 2 is 1.65 bits per heavy atom. The van der Waals surface area contributed by atoms with E-state index in [1.165, 1.54) is 19.9 Å². The second-order valence-corrected chi connectivity index (χ2v) is 7.42. The number of benzene rings is 2. The molecule has 142 valence electrons. The molecule has 0 amide bonds. The third-order valence-corrected chi connectivity index (χ3v) is 4.53. The molecule has 2 N–H and O–H groups in total. The number of rotatable bonds is 5. The number of halogens is 4. The zero-order valence-corrected chi connectivity index (χ0v) is 14.9. The van der Waals surface area contributed by atoms with Gasteiger partial charge in [-0.2, -0.15) is 13.2 Å².